The molecule has 0 spiro atoms. The predicted octanol–water partition coefficient (Wildman–Crippen LogP) is 0.0776. The molecule has 3 rings (SSSR count). The van der Waals surface area contributed by atoms with Crippen molar-refractivity contribution in [1.82, 2.24) is 20.3 Å². The number of benzene rings is 1. The number of aromatic nitrogens is 3. The van der Waals surface area contributed by atoms with Crippen molar-refractivity contribution < 1.29 is 9.59 Å². The predicted molar refractivity (Wildman–Crippen MR) is 70.0 cm³/mol. The average molecular weight is 272 g/mol. The Morgan fingerprint density at radius 1 is 1.30 bits per heavy atom. The van der Waals surface area contributed by atoms with Crippen LogP contribution in [-0.4, -0.2) is 26.8 Å². The zero-order valence-corrected chi connectivity index (χ0v) is 10.8. The number of carbonyl (C=O) groups excluding carboxylic acids is 2. The fourth-order valence-electron chi connectivity index (χ4n) is 2.38. The third-order valence-corrected chi connectivity index (χ3v) is 3.43. The summed E-state index contributed by atoms with van der Waals surface area (Å²) in [4.78, 5) is 35.4. The summed E-state index contributed by atoms with van der Waals surface area (Å²) in [6.45, 7) is 1.81. The highest BCUT2D eigenvalue weighted by Crippen LogP contribution is 2.17. The van der Waals surface area contributed by atoms with E-state index in [0.717, 1.165) is 10.2 Å². The van der Waals surface area contributed by atoms with Crippen molar-refractivity contribution in [3.8, 4) is 0 Å². The molecule has 7 nitrogen and oxygen atoms in total. The largest absolute Gasteiger partial charge is 0.295 e. The van der Waals surface area contributed by atoms with Gasteiger partial charge < -0.3 is 0 Å². The van der Waals surface area contributed by atoms with Crippen LogP contribution in [0, 0.1) is 6.92 Å². The standard InChI is InChI=1S/C13H12N4O3/c1-7-3-2-4-8-11(7)13(20)17(16-15-8)9-5-6-10(18)14-12(9)19/h2-4,9H,5-6H2,1H3,(H,14,18,19). The van der Waals surface area contributed by atoms with Crippen molar-refractivity contribution in [3.63, 3.8) is 0 Å². The number of carbonyl (C=O) groups is 2. The molecule has 102 valence electrons. The van der Waals surface area contributed by atoms with E-state index in [-0.39, 0.29) is 24.3 Å². The zero-order chi connectivity index (χ0) is 14.3. The van der Waals surface area contributed by atoms with Crippen LogP contribution >= 0.6 is 0 Å². The molecule has 0 radical (unpaired) electrons. The van der Waals surface area contributed by atoms with Crippen LogP contribution in [0.15, 0.2) is 23.0 Å². The molecule has 1 fully saturated rings. The molecular weight excluding hydrogens is 260 g/mol. The van der Waals surface area contributed by atoms with Gasteiger partial charge in [0.2, 0.25) is 5.91 Å². The Morgan fingerprint density at radius 2 is 2.10 bits per heavy atom. The number of amides is 2. The molecule has 0 aliphatic carbocycles. The molecule has 2 heterocycles. The summed E-state index contributed by atoms with van der Waals surface area (Å²) in [5.74, 6) is -0.838. The molecule has 7 heteroatoms. The zero-order valence-electron chi connectivity index (χ0n) is 10.8. The molecule has 0 saturated carbocycles. The molecule has 1 saturated heterocycles. The second-order valence-corrected chi connectivity index (χ2v) is 4.78. The maximum Gasteiger partial charge on any atom is 0.278 e. The third-order valence-electron chi connectivity index (χ3n) is 3.43. The first-order valence-electron chi connectivity index (χ1n) is 6.26. The van der Waals surface area contributed by atoms with Gasteiger partial charge in [0.05, 0.1) is 5.39 Å². The van der Waals surface area contributed by atoms with Crippen LogP contribution in [0.1, 0.15) is 24.4 Å². The Morgan fingerprint density at radius 3 is 2.85 bits per heavy atom. The summed E-state index contributed by atoms with van der Waals surface area (Å²) in [5.41, 5.74) is 0.921. The van der Waals surface area contributed by atoms with E-state index in [2.05, 4.69) is 15.6 Å². The first-order chi connectivity index (χ1) is 9.58. The Balaban J connectivity index is 2.16. The van der Waals surface area contributed by atoms with Gasteiger partial charge in [0.25, 0.3) is 11.5 Å². The second kappa shape index (κ2) is 4.52. The molecule has 1 aromatic carbocycles. The topological polar surface area (TPSA) is 93.9 Å². The number of fused-ring (bicyclic) bond motifs is 1. The molecule has 1 aliphatic heterocycles. The summed E-state index contributed by atoms with van der Waals surface area (Å²) in [6, 6.07) is 4.52. The van der Waals surface area contributed by atoms with Crippen molar-refractivity contribution >= 4 is 22.7 Å². The SMILES string of the molecule is Cc1cccc2nnn(C3CCC(=O)NC3=O)c(=O)c12. The van der Waals surface area contributed by atoms with E-state index in [1.807, 2.05) is 0 Å². The van der Waals surface area contributed by atoms with Gasteiger partial charge in [0.15, 0.2) is 0 Å². The van der Waals surface area contributed by atoms with E-state index in [4.69, 9.17) is 0 Å². The Hall–Kier alpha value is -2.57. The van der Waals surface area contributed by atoms with Crippen LogP contribution < -0.4 is 10.9 Å². The van der Waals surface area contributed by atoms with Gasteiger partial charge in [0.1, 0.15) is 11.6 Å². The number of aryl methyl sites for hydroxylation is 1. The van der Waals surface area contributed by atoms with Gasteiger partial charge >= 0.3 is 0 Å². The van der Waals surface area contributed by atoms with Crippen molar-refractivity contribution in [2.75, 3.05) is 0 Å². The highest BCUT2D eigenvalue weighted by atomic mass is 16.2. The van der Waals surface area contributed by atoms with Gasteiger partial charge in [-0.15, -0.1) is 5.10 Å². The molecule has 1 atom stereocenters. The minimum absolute atomic E-state index is 0.191. The molecule has 1 unspecified atom stereocenters. The Kier molecular flexibility index (Phi) is 2.81. The van der Waals surface area contributed by atoms with Gasteiger partial charge in [-0.3, -0.25) is 19.7 Å². The van der Waals surface area contributed by atoms with Gasteiger partial charge in [-0.25, -0.2) is 0 Å². The van der Waals surface area contributed by atoms with Gasteiger partial charge in [-0.2, -0.15) is 4.68 Å². The Bertz CT molecular complexity index is 781. The highest BCUT2D eigenvalue weighted by molar-refractivity contribution is 5.99. The average Bonchev–Trinajstić information content (AvgIpc) is 2.40. The number of nitrogens with zero attached hydrogens (tertiary/aromatic N) is 3. The number of hydrogen-bond acceptors (Lipinski definition) is 5. The van der Waals surface area contributed by atoms with E-state index in [1.165, 1.54) is 0 Å². The first kappa shape index (κ1) is 12.5. The monoisotopic (exact) mass is 272 g/mol. The fraction of sp³-hybridized carbons (Fsp3) is 0.308. The van der Waals surface area contributed by atoms with Crippen molar-refractivity contribution in [1.29, 1.82) is 0 Å². The van der Waals surface area contributed by atoms with Gasteiger partial charge in [-0.05, 0) is 25.0 Å². The van der Waals surface area contributed by atoms with E-state index in [0.29, 0.717) is 10.9 Å². The molecule has 2 aromatic rings. The fourth-order valence-corrected chi connectivity index (χ4v) is 2.38. The summed E-state index contributed by atoms with van der Waals surface area (Å²) >= 11 is 0. The molecule has 20 heavy (non-hydrogen) atoms. The molecule has 2 amide bonds. The number of rotatable bonds is 1. The summed E-state index contributed by atoms with van der Waals surface area (Å²) in [7, 11) is 0. The molecule has 1 aromatic heterocycles. The number of nitrogens with one attached hydrogen (secondary N) is 1. The second-order valence-electron chi connectivity index (χ2n) is 4.78. The van der Waals surface area contributed by atoms with E-state index in [1.54, 1.807) is 25.1 Å². The maximum absolute atomic E-state index is 12.5. The minimum atomic E-state index is -0.781. The normalized spacial score (nSPS) is 19.1. The maximum atomic E-state index is 12.5. The Labute approximate surface area is 113 Å². The third kappa shape index (κ3) is 1.87. The van der Waals surface area contributed by atoms with Gasteiger partial charge in [-0.1, -0.05) is 17.3 Å². The molecule has 1 aliphatic rings. The molecule has 0 bridgehead atoms. The highest BCUT2D eigenvalue weighted by Gasteiger charge is 2.30. The van der Waals surface area contributed by atoms with Gasteiger partial charge in [0, 0.05) is 6.42 Å². The summed E-state index contributed by atoms with van der Waals surface area (Å²) in [5, 5.41) is 10.5. The smallest absolute Gasteiger partial charge is 0.278 e. The van der Waals surface area contributed by atoms with Crippen LogP contribution in [-0.2, 0) is 9.59 Å². The number of hydrogen-bond donors (Lipinski definition) is 1. The lowest BCUT2D eigenvalue weighted by molar-refractivity contribution is -0.136. The van der Waals surface area contributed by atoms with E-state index >= 15 is 0 Å². The van der Waals surface area contributed by atoms with Crippen molar-refractivity contribution in [2.45, 2.75) is 25.8 Å². The lowest BCUT2D eigenvalue weighted by atomic mass is 10.1. The summed E-state index contributed by atoms with van der Waals surface area (Å²) in [6.07, 6.45) is 0.451. The van der Waals surface area contributed by atoms with Crippen LogP contribution in [0.25, 0.3) is 10.9 Å². The lowest BCUT2D eigenvalue weighted by Crippen LogP contribution is -2.45. The van der Waals surface area contributed by atoms with E-state index in [9.17, 15) is 14.4 Å². The first-order valence-corrected chi connectivity index (χ1v) is 6.26. The van der Waals surface area contributed by atoms with Crippen LogP contribution in [0.2, 0.25) is 0 Å². The van der Waals surface area contributed by atoms with Crippen LogP contribution in [0.5, 0.6) is 0 Å². The molecular formula is C13H12N4O3. The van der Waals surface area contributed by atoms with Crippen LogP contribution in [0.3, 0.4) is 0 Å². The summed E-state index contributed by atoms with van der Waals surface area (Å²) < 4.78 is 1.07. The van der Waals surface area contributed by atoms with E-state index < -0.39 is 11.9 Å². The number of piperidine rings is 1. The van der Waals surface area contributed by atoms with Crippen LogP contribution in [0.4, 0.5) is 0 Å². The molecule has 1 N–H and O–H groups in total. The van der Waals surface area contributed by atoms with Crippen molar-refractivity contribution in [2.24, 2.45) is 0 Å². The lowest BCUT2D eigenvalue weighted by Gasteiger charge is -2.21. The minimum Gasteiger partial charge on any atom is -0.295 e. The number of imide groups is 1. The quantitative estimate of drug-likeness (QED) is 0.742. The van der Waals surface area contributed by atoms with Crippen molar-refractivity contribution in [3.05, 3.63) is 34.1 Å².